The average molecular weight is 257 g/mol. The van der Waals surface area contributed by atoms with Gasteiger partial charge in [0.15, 0.2) is 0 Å². The Morgan fingerprint density at radius 3 is 2.50 bits per heavy atom. The van der Waals surface area contributed by atoms with Crippen molar-refractivity contribution >= 4 is 5.95 Å². The van der Waals surface area contributed by atoms with Crippen LogP contribution in [0.4, 0.5) is 5.95 Å². The summed E-state index contributed by atoms with van der Waals surface area (Å²) in [5.74, 6) is 5.44. The second-order valence-electron chi connectivity index (χ2n) is 3.39. The maximum Gasteiger partial charge on any atom is 0.324 e. The minimum atomic E-state index is -0.174. The fourth-order valence-corrected chi connectivity index (χ4v) is 1.15. The van der Waals surface area contributed by atoms with Crippen LogP contribution in [0.2, 0.25) is 0 Å². The van der Waals surface area contributed by atoms with Gasteiger partial charge in [0, 0.05) is 6.61 Å². The van der Waals surface area contributed by atoms with Crippen molar-refractivity contribution in [3.8, 4) is 12.0 Å². The number of anilines is 1. The predicted molar refractivity (Wildman–Crippen MR) is 65.4 cm³/mol. The third kappa shape index (κ3) is 4.68. The molecule has 8 nitrogen and oxygen atoms in total. The zero-order valence-electron chi connectivity index (χ0n) is 10.8. The van der Waals surface area contributed by atoms with Gasteiger partial charge in [0.2, 0.25) is 5.95 Å². The lowest BCUT2D eigenvalue weighted by Gasteiger charge is -2.13. The molecular weight excluding hydrogens is 238 g/mol. The number of hydrazine groups is 1. The van der Waals surface area contributed by atoms with Gasteiger partial charge in [0.25, 0.3) is 0 Å². The molecule has 1 unspecified atom stereocenters. The van der Waals surface area contributed by atoms with Gasteiger partial charge < -0.3 is 14.2 Å². The third-order valence-corrected chi connectivity index (χ3v) is 1.86. The summed E-state index contributed by atoms with van der Waals surface area (Å²) < 4.78 is 15.9. The molecule has 18 heavy (non-hydrogen) atoms. The number of hydrogen-bond acceptors (Lipinski definition) is 8. The molecule has 0 saturated heterocycles. The molecule has 1 atom stereocenters. The van der Waals surface area contributed by atoms with E-state index in [1.165, 1.54) is 0 Å². The highest BCUT2D eigenvalue weighted by Gasteiger charge is 2.11. The molecule has 0 aliphatic rings. The summed E-state index contributed by atoms with van der Waals surface area (Å²) in [4.78, 5) is 11.9. The number of nitrogens with one attached hydrogen (secondary N) is 1. The van der Waals surface area contributed by atoms with Crippen LogP contribution in [0.25, 0.3) is 0 Å². The Hall–Kier alpha value is -1.67. The van der Waals surface area contributed by atoms with Crippen molar-refractivity contribution < 1.29 is 14.2 Å². The standard InChI is InChI=1S/C10H19N5O3/c1-4-16-6-7(3)18-10-13-8(15-11)12-9(14-10)17-5-2/h7H,4-6,11H2,1-3H3,(H,12,13,14,15). The quantitative estimate of drug-likeness (QED) is 0.508. The van der Waals surface area contributed by atoms with Crippen molar-refractivity contribution in [1.82, 2.24) is 15.0 Å². The van der Waals surface area contributed by atoms with Crippen LogP contribution in [-0.4, -0.2) is 40.9 Å². The van der Waals surface area contributed by atoms with Crippen molar-refractivity contribution in [2.75, 3.05) is 25.2 Å². The normalized spacial score (nSPS) is 12.0. The molecule has 0 aliphatic heterocycles. The molecule has 1 aromatic heterocycles. The highest BCUT2D eigenvalue weighted by atomic mass is 16.5. The summed E-state index contributed by atoms with van der Waals surface area (Å²) in [6.07, 6.45) is -0.174. The van der Waals surface area contributed by atoms with E-state index in [0.29, 0.717) is 19.8 Å². The zero-order chi connectivity index (χ0) is 13.4. The van der Waals surface area contributed by atoms with E-state index in [4.69, 9.17) is 20.1 Å². The molecule has 102 valence electrons. The minimum Gasteiger partial charge on any atom is -0.464 e. The largest absolute Gasteiger partial charge is 0.464 e. The Balaban J connectivity index is 2.71. The summed E-state index contributed by atoms with van der Waals surface area (Å²) in [5, 5.41) is 0. The van der Waals surface area contributed by atoms with Crippen molar-refractivity contribution in [3.05, 3.63) is 0 Å². The lowest BCUT2D eigenvalue weighted by atomic mass is 10.4. The van der Waals surface area contributed by atoms with Gasteiger partial charge in [-0.05, 0) is 20.8 Å². The van der Waals surface area contributed by atoms with Crippen LogP contribution in [0.1, 0.15) is 20.8 Å². The van der Waals surface area contributed by atoms with Crippen LogP contribution >= 0.6 is 0 Å². The SMILES string of the molecule is CCOCC(C)Oc1nc(NN)nc(OCC)n1. The van der Waals surface area contributed by atoms with Crippen LogP contribution in [-0.2, 0) is 4.74 Å². The maximum absolute atomic E-state index is 5.48. The lowest BCUT2D eigenvalue weighted by molar-refractivity contribution is 0.0601. The molecule has 0 fully saturated rings. The third-order valence-electron chi connectivity index (χ3n) is 1.86. The van der Waals surface area contributed by atoms with E-state index in [0.717, 1.165) is 0 Å². The fraction of sp³-hybridized carbons (Fsp3) is 0.700. The average Bonchev–Trinajstić information content (AvgIpc) is 2.36. The first kappa shape index (κ1) is 14.4. The van der Waals surface area contributed by atoms with Crippen LogP contribution < -0.4 is 20.7 Å². The molecule has 3 N–H and O–H groups in total. The van der Waals surface area contributed by atoms with E-state index in [1.54, 1.807) is 0 Å². The van der Waals surface area contributed by atoms with Crippen LogP contribution in [0.3, 0.4) is 0 Å². The molecule has 0 aromatic carbocycles. The molecule has 8 heteroatoms. The number of nitrogens with zero attached hydrogens (tertiary/aromatic N) is 3. The van der Waals surface area contributed by atoms with E-state index in [1.807, 2.05) is 20.8 Å². The van der Waals surface area contributed by atoms with Crippen molar-refractivity contribution in [1.29, 1.82) is 0 Å². The van der Waals surface area contributed by atoms with Gasteiger partial charge in [0.05, 0.1) is 13.2 Å². The number of hydrogen-bond donors (Lipinski definition) is 2. The van der Waals surface area contributed by atoms with Gasteiger partial charge in [0.1, 0.15) is 6.10 Å². The first-order chi connectivity index (χ1) is 8.69. The van der Waals surface area contributed by atoms with Crippen molar-refractivity contribution in [2.24, 2.45) is 5.84 Å². The van der Waals surface area contributed by atoms with E-state index in [2.05, 4.69) is 20.4 Å². The molecule has 1 aromatic rings. The Bertz CT molecular complexity index is 363. The lowest BCUT2D eigenvalue weighted by Crippen LogP contribution is -2.21. The zero-order valence-corrected chi connectivity index (χ0v) is 10.8. The molecule has 0 saturated carbocycles. The number of ether oxygens (including phenoxy) is 3. The van der Waals surface area contributed by atoms with Gasteiger partial charge in [-0.15, -0.1) is 4.98 Å². The van der Waals surface area contributed by atoms with E-state index in [9.17, 15) is 0 Å². The second kappa shape index (κ2) is 7.62. The highest BCUT2D eigenvalue weighted by molar-refractivity contribution is 5.25. The summed E-state index contributed by atoms with van der Waals surface area (Å²) in [5.41, 5.74) is 2.33. The van der Waals surface area contributed by atoms with Gasteiger partial charge in [-0.2, -0.15) is 9.97 Å². The number of rotatable bonds is 8. The monoisotopic (exact) mass is 257 g/mol. The summed E-state index contributed by atoms with van der Waals surface area (Å²) in [7, 11) is 0. The number of aromatic nitrogens is 3. The Morgan fingerprint density at radius 1 is 1.17 bits per heavy atom. The van der Waals surface area contributed by atoms with E-state index >= 15 is 0 Å². The van der Waals surface area contributed by atoms with Gasteiger partial charge in [-0.1, -0.05) is 0 Å². The van der Waals surface area contributed by atoms with E-state index in [-0.39, 0.29) is 24.1 Å². The molecular formula is C10H19N5O3. The Morgan fingerprint density at radius 2 is 1.89 bits per heavy atom. The molecule has 1 heterocycles. The molecule has 0 spiro atoms. The van der Waals surface area contributed by atoms with E-state index < -0.39 is 0 Å². The minimum absolute atomic E-state index is 0.147. The second-order valence-corrected chi connectivity index (χ2v) is 3.39. The molecule has 0 amide bonds. The Labute approximate surface area is 106 Å². The maximum atomic E-state index is 5.48. The summed E-state index contributed by atoms with van der Waals surface area (Å²) >= 11 is 0. The molecule has 0 radical (unpaired) electrons. The van der Waals surface area contributed by atoms with Crippen LogP contribution in [0.5, 0.6) is 12.0 Å². The molecule has 0 bridgehead atoms. The summed E-state index contributed by atoms with van der Waals surface area (Å²) in [6.45, 7) is 7.14. The van der Waals surface area contributed by atoms with Crippen molar-refractivity contribution in [3.63, 3.8) is 0 Å². The number of nitrogens with two attached hydrogens (primary N) is 1. The van der Waals surface area contributed by atoms with Gasteiger partial charge in [-0.3, -0.25) is 5.43 Å². The Kier molecular flexibility index (Phi) is 6.09. The first-order valence-corrected chi connectivity index (χ1v) is 5.79. The van der Waals surface area contributed by atoms with Gasteiger partial charge >= 0.3 is 12.0 Å². The number of nitrogen functional groups attached to an aromatic ring is 1. The highest BCUT2D eigenvalue weighted by Crippen LogP contribution is 2.13. The van der Waals surface area contributed by atoms with Gasteiger partial charge in [-0.25, -0.2) is 5.84 Å². The predicted octanol–water partition coefficient (Wildman–Crippen LogP) is 0.360. The van der Waals surface area contributed by atoms with Crippen LogP contribution in [0, 0.1) is 0 Å². The topological polar surface area (TPSA) is 104 Å². The first-order valence-electron chi connectivity index (χ1n) is 5.79. The smallest absolute Gasteiger partial charge is 0.324 e. The molecule has 1 rings (SSSR count). The van der Waals surface area contributed by atoms with Crippen LogP contribution in [0.15, 0.2) is 0 Å². The summed E-state index contributed by atoms with van der Waals surface area (Å²) in [6, 6.07) is 0.313. The fourth-order valence-electron chi connectivity index (χ4n) is 1.15. The molecule has 0 aliphatic carbocycles. The van der Waals surface area contributed by atoms with Crippen molar-refractivity contribution in [2.45, 2.75) is 26.9 Å².